The van der Waals surface area contributed by atoms with Crippen molar-refractivity contribution >= 4 is 28.8 Å². The number of carbonyl (C=O) groups excluding carboxylic acids is 1. The lowest BCUT2D eigenvalue weighted by atomic mass is 9.89. The molecule has 0 bridgehead atoms. The van der Waals surface area contributed by atoms with E-state index < -0.39 is 0 Å². The largest absolute Gasteiger partial charge is 0.293 e. The molecule has 0 saturated heterocycles. The van der Waals surface area contributed by atoms with Gasteiger partial charge in [-0.25, -0.2) is 4.52 Å². The summed E-state index contributed by atoms with van der Waals surface area (Å²) in [5, 5.41) is 11.5. The van der Waals surface area contributed by atoms with Crippen molar-refractivity contribution in [2.24, 2.45) is 5.92 Å². The molecule has 1 N–H and O–H groups in total. The number of anilines is 1. The quantitative estimate of drug-likeness (QED) is 0.792. The maximum atomic E-state index is 12.4. The average Bonchev–Trinajstić information content (AvgIpc) is 3.24. The molecule has 3 heterocycles. The fourth-order valence-electron chi connectivity index (χ4n) is 3.16. The third-order valence-corrected chi connectivity index (χ3v) is 5.07. The number of aromatic nitrogens is 3. The molecule has 0 spiro atoms. The van der Waals surface area contributed by atoms with Crippen molar-refractivity contribution in [2.75, 3.05) is 5.32 Å². The van der Waals surface area contributed by atoms with Crippen LogP contribution in [0, 0.1) is 5.92 Å². The molecule has 0 atom stereocenters. The number of nitrogens with one attached hydrogen (secondary N) is 1. The Bertz CT molecular complexity index is 818. The van der Waals surface area contributed by atoms with E-state index in [1.165, 1.54) is 6.42 Å². The number of fused-ring (bicyclic) bond motifs is 1. The van der Waals surface area contributed by atoms with Gasteiger partial charge in [-0.15, -0.1) is 5.10 Å². The normalized spacial score (nSPS) is 15.8. The standard InChI is InChI=1S/C17H18N4OS/c22-16(12-5-2-1-3-6-12)19-17-18-15-8-4-7-14(21(15)20-17)13-9-10-23-11-13/h4,7-12H,1-3,5-6H2,(H,19,20,22). The van der Waals surface area contributed by atoms with Gasteiger partial charge in [0.2, 0.25) is 11.9 Å². The Labute approximate surface area is 138 Å². The Hall–Kier alpha value is -2.21. The van der Waals surface area contributed by atoms with Gasteiger partial charge in [-0.05, 0) is 36.4 Å². The number of amides is 1. The Kier molecular flexibility index (Phi) is 3.83. The molecular formula is C17H18N4OS. The third kappa shape index (κ3) is 2.86. The molecule has 1 saturated carbocycles. The molecule has 23 heavy (non-hydrogen) atoms. The van der Waals surface area contributed by atoms with Gasteiger partial charge in [0, 0.05) is 16.9 Å². The van der Waals surface area contributed by atoms with Gasteiger partial charge in [0.25, 0.3) is 0 Å². The van der Waals surface area contributed by atoms with Gasteiger partial charge in [-0.1, -0.05) is 25.3 Å². The minimum absolute atomic E-state index is 0.0534. The molecule has 3 aromatic heterocycles. The number of hydrogen-bond donors (Lipinski definition) is 1. The number of pyridine rings is 1. The van der Waals surface area contributed by atoms with Crippen molar-refractivity contribution in [1.82, 2.24) is 14.6 Å². The van der Waals surface area contributed by atoms with Crippen LogP contribution in [0.4, 0.5) is 5.95 Å². The Morgan fingerprint density at radius 2 is 2.09 bits per heavy atom. The number of carbonyl (C=O) groups is 1. The molecular weight excluding hydrogens is 308 g/mol. The minimum Gasteiger partial charge on any atom is -0.293 e. The van der Waals surface area contributed by atoms with Crippen LogP contribution in [0.2, 0.25) is 0 Å². The number of hydrogen-bond acceptors (Lipinski definition) is 4. The predicted molar refractivity (Wildman–Crippen MR) is 91.5 cm³/mol. The van der Waals surface area contributed by atoms with Gasteiger partial charge in [-0.2, -0.15) is 16.3 Å². The van der Waals surface area contributed by atoms with Crippen molar-refractivity contribution < 1.29 is 4.79 Å². The Morgan fingerprint density at radius 3 is 2.87 bits per heavy atom. The fourth-order valence-corrected chi connectivity index (χ4v) is 3.81. The molecule has 1 aliphatic carbocycles. The van der Waals surface area contributed by atoms with E-state index in [1.807, 2.05) is 23.6 Å². The summed E-state index contributed by atoms with van der Waals surface area (Å²) >= 11 is 1.65. The summed E-state index contributed by atoms with van der Waals surface area (Å²) in [7, 11) is 0. The Balaban J connectivity index is 1.61. The second-order valence-electron chi connectivity index (χ2n) is 5.95. The second-order valence-corrected chi connectivity index (χ2v) is 6.73. The summed E-state index contributed by atoms with van der Waals surface area (Å²) in [5.41, 5.74) is 2.83. The molecule has 0 aliphatic heterocycles. The molecule has 118 valence electrons. The average molecular weight is 326 g/mol. The first-order valence-electron chi connectivity index (χ1n) is 8.00. The van der Waals surface area contributed by atoms with E-state index >= 15 is 0 Å². The zero-order chi connectivity index (χ0) is 15.6. The van der Waals surface area contributed by atoms with Gasteiger partial charge in [0.05, 0.1) is 5.69 Å². The van der Waals surface area contributed by atoms with Gasteiger partial charge in [-0.3, -0.25) is 10.1 Å². The van der Waals surface area contributed by atoms with Crippen LogP contribution in [-0.2, 0) is 4.79 Å². The Morgan fingerprint density at radius 1 is 1.22 bits per heavy atom. The van der Waals surface area contributed by atoms with Crippen LogP contribution >= 0.6 is 11.3 Å². The van der Waals surface area contributed by atoms with Crippen LogP contribution in [-0.4, -0.2) is 20.5 Å². The first kappa shape index (κ1) is 14.4. The lowest BCUT2D eigenvalue weighted by Gasteiger charge is -2.19. The van der Waals surface area contributed by atoms with E-state index in [2.05, 4.69) is 26.8 Å². The van der Waals surface area contributed by atoms with Crippen LogP contribution in [0.1, 0.15) is 32.1 Å². The third-order valence-electron chi connectivity index (χ3n) is 4.39. The van der Waals surface area contributed by atoms with E-state index in [0.717, 1.165) is 42.6 Å². The summed E-state index contributed by atoms with van der Waals surface area (Å²) in [6, 6.07) is 7.93. The summed E-state index contributed by atoms with van der Waals surface area (Å²) in [4.78, 5) is 16.8. The van der Waals surface area contributed by atoms with Crippen molar-refractivity contribution in [3.05, 3.63) is 35.0 Å². The van der Waals surface area contributed by atoms with E-state index in [0.29, 0.717) is 5.95 Å². The monoisotopic (exact) mass is 326 g/mol. The molecule has 6 heteroatoms. The van der Waals surface area contributed by atoms with Crippen molar-refractivity contribution in [3.63, 3.8) is 0 Å². The number of thiophene rings is 1. The molecule has 4 rings (SSSR count). The zero-order valence-electron chi connectivity index (χ0n) is 12.7. The topological polar surface area (TPSA) is 59.3 Å². The summed E-state index contributed by atoms with van der Waals surface area (Å²) < 4.78 is 1.79. The summed E-state index contributed by atoms with van der Waals surface area (Å²) in [6.45, 7) is 0. The maximum absolute atomic E-state index is 12.4. The van der Waals surface area contributed by atoms with Gasteiger partial charge in [0.15, 0.2) is 5.65 Å². The minimum atomic E-state index is 0.0534. The van der Waals surface area contributed by atoms with Crippen LogP contribution in [0.15, 0.2) is 35.0 Å². The lowest BCUT2D eigenvalue weighted by Crippen LogP contribution is -2.25. The zero-order valence-corrected chi connectivity index (χ0v) is 13.6. The van der Waals surface area contributed by atoms with Gasteiger partial charge in [0.1, 0.15) is 0 Å². The number of nitrogens with zero attached hydrogens (tertiary/aromatic N) is 3. The SMILES string of the molecule is O=C(Nc1nc2cccc(-c3ccsc3)n2n1)C1CCCCC1. The van der Waals surface area contributed by atoms with Gasteiger partial charge >= 0.3 is 0 Å². The molecule has 5 nitrogen and oxygen atoms in total. The highest BCUT2D eigenvalue weighted by Gasteiger charge is 2.22. The highest BCUT2D eigenvalue weighted by Crippen LogP contribution is 2.25. The first-order valence-corrected chi connectivity index (χ1v) is 8.95. The van der Waals surface area contributed by atoms with Crippen molar-refractivity contribution in [2.45, 2.75) is 32.1 Å². The lowest BCUT2D eigenvalue weighted by molar-refractivity contribution is -0.120. The maximum Gasteiger partial charge on any atom is 0.249 e. The van der Waals surface area contributed by atoms with E-state index in [-0.39, 0.29) is 11.8 Å². The van der Waals surface area contributed by atoms with Crippen LogP contribution in [0.25, 0.3) is 16.9 Å². The molecule has 3 aromatic rings. The number of rotatable bonds is 3. The fraction of sp³-hybridized carbons (Fsp3) is 0.353. The van der Waals surface area contributed by atoms with Crippen LogP contribution in [0.5, 0.6) is 0 Å². The smallest absolute Gasteiger partial charge is 0.249 e. The van der Waals surface area contributed by atoms with E-state index in [9.17, 15) is 4.79 Å². The summed E-state index contributed by atoms with van der Waals surface area (Å²) in [6.07, 6.45) is 5.46. The second kappa shape index (κ2) is 6.12. The first-order chi connectivity index (χ1) is 11.3. The molecule has 0 aromatic carbocycles. The van der Waals surface area contributed by atoms with E-state index in [1.54, 1.807) is 15.9 Å². The molecule has 1 amide bonds. The molecule has 1 fully saturated rings. The van der Waals surface area contributed by atoms with Crippen LogP contribution in [0.3, 0.4) is 0 Å². The van der Waals surface area contributed by atoms with Crippen LogP contribution < -0.4 is 5.32 Å². The predicted octanol–water partition coefficient (Wildman–Crippen LogP) is 3.98. The highest BCUT2D eigenvalue weighted by atomic mass is 32.1. The summed E-state index contributed by atoms with van der Waals surface area (Å²) in [5.74, 6) is 0.549. The molecule has 0 radical (unpaired) electrons. The van der Waals surface area contributed by atoms with Crippen molar-refractivity contribution in [1.29, 1.82) is 0 Å². The van der Waals surface area contributed by atoms with Gasteiger partial charge < -0.3 is 0 Å². The van der Waals surface area contributed by atoms with Crippen molar-refractivity contribution in [3.8, 4) is 11.3 Å². The molecule has 0 unspecified atom stereocenters. The molecule has 1 aliphatic rings. The highest BCUT2D eigenvalue weighted by molar-refractivity contribution is 7.08. The van der Waals surface area contributed by atoms with E-state index in [4.69, 9.17) is 0 Å².